The van der Waals surface area contributed by atoms with Crippen LogP contribution in [0.5, 0.6) is 0 Å². The summed E-state index contributed by atoms with van der Waals surface area (Å²) in [6.45, 7) is -0.172. The molecule has 6 heteroatoms. The molecule has 16 heavy (non-hydrogen) atoms. The standard InChI is InChI=1S/C10H12O5.Y/c11-3-5-1-2-6-7(9(12)13)4-15-10(14)8(5)6;/h1,4,6,8,10-11,14H,2-3H2,(H,12,13);. The molecule has 3 atom stereocenters. The third-order valence-electron chi connectivity index (χ3n) is 2.97. The molecule has 0 aromatic rings. The normalized spacial score (nSPS) is 31.8. The van der Waals surface area contributed by atoms with E-state index in [1.54, 1.807) is 6.08 Å². The van der Waals surface area contributed by atoms with Crippen molar-refractivity contribution in [1.82, 2.24) is 0 Å². The van der Waals surface area contributed by atoms with Crippen molar-refractivity contribution >= 4 is 5.97 Å². The SMILES string of the molecule is O=C(O)C1=COC(O)C2C(CO)=CCC12.[Y]. The van der Waals surface area contributed by atoms with Gasteiger partial charge in [-0.15, -0.1) is 0 Å². The van der Waals surface area contributed by atoms with E-state index < -0.39 is 18.2 Å². The Labute approximate surface area is 118 Å². The number of aliphatic hydroxyl groups excluding tert-OH is 2. The summed E-state index contributed by atoms with van der Waals surface area (Å²) >= 11 is 0. The van der Waals surface area contributed by atoms with Crippen molar-refractivity contribution in [3.05, 3.63) is 23.5 Å². The molecule has 5 nitrogen and oxygen atoms in total. The summed E-state index contributed by atoms with van der Waals surface area (Å²) < 4.78 is 4.86. The fourth-order valence-electron chi connectivity index (χ4n) is 2.22. The third-order valence-corrected chi connectivity index (χ3v) is 2.97. The summed E-state index contributed by atoms with van der Waals surface area (Å²) in [7, 11) is 0. The van der Waals surface area contributed by atoms with Gasteiger partial charge in [0, 0.05) is 38.6 Å². The average molecular weight is 301 g/mol. The molecule has 1 heterocycles. The molecule has 3 N–H and O–H groups in total. The second-order valence-corrected chi connectivity index (χ2v) is 3.71. The fourth-order valence-corrected chi connectivity index (χ4v) is 2.22. The first-order valence-corrected chi connectivity index (χ1v) is 4.71. The van der Waals surface area contributed by atoms with Gasteiger partial charge in [0.25, 0.3) is 0 Å². The molecule has 0 bridgehead atoms. The number of hydrogen-bond acceptors (Lipinski definition) is 4. The Hall–Kier alpha value is -0.226. The Kier molecular flexibility index (Phi) is 4.67. The van der Waals surface area contributed by atoms with Crippen LogP contribution in [-0.4, -0.2) is 34.2 Å². The van der Waals surface area contributed by atoms with Crippen molar-refractivity contribution in [2.45, 2.75) is 12.7 Å². The molecule has 0 spiro atoms. The van der Waals surface area contributed by atoms with Crippen molar-refractivity contribution in [2.24, 2.45) is 11.8 Å². The van der Waals surface area contributed by atoms with Gasteiger partial charge in [-0.3, -0.25) is 0 Å². The Morgan fingerprint density at radius 1 is 1.56 bits per heavy atom. The van der Waals surface area contributed by atoms with Gasteiger partial charge in [0.05, 0.1) is 24.4 Å². The van der Waals surface area contributed by atoms with Crippen molar-refractivity contribution < 1.29 is 57.6 Å². The van der Waals surface area contributed by atoms with Crippen LogP contribution in [0.1, 0.15) is 6.42 Å². The molecule has 0 aromatic carbocycles. The monoisotopic (exact) mass is 301 g/mol. The number of allylic oxidation sites excluding steroid dienone is 1. The predicted octanol–water partition coefficient (Wildman–Crippen LogP) is -0.144. The van der Waals surface area contributed by atoms with Crippen molar-refractivity contribution in [1.29, 1.82) is 0 Å². The quantitative estimate of drug-likeness (QED) is 0.618. The topological polar surface area (TPSA) is 87.0 Å². The molecule has 0 amide bonds. The number of hydrogen-bond donors (Lipinski definition) is 3. The second-order valence-electron chi connectivity index (χ2n) is 3.71. The van der Waals surface area contributed by atoms with Gasteiger partial charge in [0.2, 0.25) is 6.29 Å². The first kappa shape index (κ1) is 13.8. The largest absolute Gasteiger partial charge is 0.478 e. The van der Waals surface area contributed by atoms with E-state index in [9.17, 15) is 9.90 Å². The minimum Gasteiger partial charge on any atom is -0.478 e. The van der Waals surface area contributed by atoms with Crippen LogP contribution in [-0.2, 0) is 42.2 Å². The molecule has 0 saturated carbocycles. The summed E-state index contributed by atoms with van der Waals surface area (Å²) in [5, 5.41) is 27.5. The summed E-state index contributed by atoms with van der Waals surface area (Å²) in [6, 6.07) is 0. The zero-order valence-electron chi connectivity index (χ0n) is 8.54. The van der Waals surface area contributed by atoms with E-state index in [2.05, 4.69) is 0 Å². The van der Waals surface area contributed by atoms with E-state index in [1.807, 2.05) is 0 Å². The Morgan fingerprint density at radius 3 is 2.81 bits per heavy atom. The summed E-state index contributed by atoms with van der Waals surface area (Å²) in [5.74, 6) is -1.75. The van der Waals surface area contributed by atoms with E-state index in [4.69, 9.17) is 14.9 Å². The van der Waals surface area contributed by atoms with Gasteiger partial charge < -0.3 is 20.1 Å². The maximum atomic E-state index is 10.9. The molecule has 1 radical (unpaired) electrons. The van der Waals surface area contributed by atoms with Gasteiger partial charge in [-0.2, -0.15) is 0 Å². The summed E-state index contributed by atoms with van der Waals surface area (Å²) in [6.07, 6.45) is 2.34. The zero-order valence-corrected chi connectivity index (χ0v) is 11.4. The molecule has 0 fully saturated rings. The van der Waals surface area contributed by atoms with Crippen LogP contribution in [0, 0.1) is 11.8 Å². The van der Waals surface area contributed by atoms with Crippen molar-refractivity contribution in [3.63, 3.8) is 0 Å². The number of ether oxygens (including phenoxy) is 1. The van der Waals surface area contributed by atoms with E-state index in [0.29, 0.717) is 12.0 Å². The molecular weight excluding hydrogens is 289 g/mol. The predicted molar refractivity (Wildman–Crippen MR) is 49.6 cm³/mol. The third kappa shape index (κ3) is 2.23. The van der Waals surface area contributed by atoms with Crippen molar-refractivity contribution in [3.8, 4) is 0 Å². The Balaban J connectivity index is 0.00000128. The fraction of sp³-hybridized carbons (Fsp3) is 0.500. The molecule has 1 aliphatic carbocycles. The van der Waals surface area contributed by atoms with E-state index >= 15 is 0 Å². The van der Waals surface area contributed by atoms with Crippen LogP contribution in [0.2, 0.25) is 0 Å². The molecule has 2 rings (SSSR count). The van der Waals surface area contributed by atoms with Gasteiger partial charge in [0.15, 0.2) is 0 Å². The minimum atomic E-state index is -1.06. The Morgan fingerprint density at radius 2 is 2.25 bits per heavy atom. The molecule has 3 unspecified atom stereocenters. The summed E-state index contributed by atoms with van der Waals surface area (Å²) in [5.41, 5.74) is 0.810. The van der Waals surface area contributed by atoms with Crippen LogP contribution in [0.3, 0.4) is 0 Å². The first-order valence-electron chi connectivity index (χ1n) is 4.71. The van der Waals surface area contributed by atoms with Crippen LogP contribution < -0.4 is 0 Å². The number of carboxylic acids is 1. The Bertz CT molecular complexity index is 349. The van der Waals surface area contributed by atoms with E-state index in [1.165, 1.54) is 0 Å². The van der Waals surface area contributed by atoms with Crippen LogP contribution in [0.25, 0.3) is 0 Å². The maximum Gasteiger partial charge on any atom is 0.335 e. The molecule has 85 valence electrons. The second kappa shape index (κ2) is 5.40. The number of fused-ring (bicyclic) bond motifs is 1. The molecule has 0 saturated heterocycles. The van der Waals surface area contributed by atoms with Crippen LogP contribution >= 0.6 is 0 Å². The van der Waals surface area contributed by atoms with Crippen LogP contribution in [0.15, 0.2) is 23.5 Å². The number of aliphatic carboxylic acids is 1. The summed E-state index contributed by atoms with van der Waals surface area (Å²) in [4.78, 5) is 10.9. The van der Waals surface area contributed by atoms with Gasteiger partial charge in [-0.25, -0.2) is 4.79 Å². The molecule has 0 aromatic heterocycles. The first-order chi connectivity index (χ1) is 7.15. The zero-order chi connectivity index (χ0) is 11.0. The number of aliphatic hydroxyl groups is 2. The van der Waals surface area contributed by atoms with Gasteiger partial charge in [-0.05, 0) is 12.0 Å². The van der Waals surface area contributed by atoms with Crippen LogP contribution in [0.4, 0.5) is 0 Å². The van der Waals surface area contributed by atoms with Gasteiger partial charge >= 0.3 is 5.97 Å². The molecule has 1 aliphatic heterocycles. The number of carbonyl (C=O) groups is 1. The number of carboxylic acid groups (broad SMARTS) is 1. The number of rotatable bonds is 2. The molecular formula is C10H12O5Y. The average Bonchev–Trinajstić information content (AvgIpc) is 2.62. The van der Waals surface area contributed by atoms with E-state index in [-0.39, 0.29) is 50.8 Å². The smallest absolute Gasteiger partial charge is 0.335 e. The minimum absolute atomic E-state index is 0. The van der Waals surface area contributed by atoms with Gasteiger partial charge in [0.1, 0.15) is 0 Å². The maximum absolute atomic E-state index is 10.9. The molecule has 2 aliphatic rings. The van der Waals surface area contributed by atoms with Gasteiger partial charge in [-0.1, -0.05) is 6.08 Å². The van der Waals surface area contributed by atoms with E-state index in [0.717, 1.165) is 6.26 Å². The van der Waals surface area contributed by atoms with Crippen molar-refractivity contribution in [2.75, 3.05) is 6.61 Å².